The largest absolute Gasteiger partial charge is 0.549 e. The Morgan fingerprint density at radius 3 is 1.43 bits per heavy atom. The highest BCUT2D eigenvalue weighted by Crippen LogP contribution is 2.43. The monoisotopic (exact) mass is 128 g/mol. The Morgan fingerprint density at radius 1 is 1.43 bits per heavy atom. The lowest BCUT2D eigenvalue weighted by Crippen LogP contribution is -1.45. The molecule has 2 nitrogen and oxygen atoms in total. The zero-order valence-electron chi connectivity index (χ0n) is 3.21. The minimum Gasteiger partial charge on any atom is -0.296 e. The Labute approximate surface area is 39.9 Å². The summed E-state index contributed by atoms with van der Waals surface area (Å²) in [5, 5.41) is 0. The topological polar surface area (TPSA) is 37.3 Å². The lowest BCUT2D eigenvalue weighted by atomic mass is 11.4. The van der Waals surface area contributed by atoms with E-state index in [0.717, 1.165) is 0 Å². The van der Waals surface area contributed by atoms with Crippen molar-refractivity contribution in [3.8, 4) is 12.8 Å². The maximum absolute atomic E-state index is 10.1. The van der Waals surface area contributed by atoms with E-state index in [-0.39, 0.29) is 0 Å². The molecule has 0 bridgehead atoms. The Morgan fingerprint density at radius 2 is 1.43 bits per heavy atom. The molecule has 0 aromatic carbocycles. The van der Waals surface area contributed by atoms with Gasteiger partial charge in [0, 0.05) is 0 Å². The van der Waals surface area contributed by atoms with E-state index >= 15 is 0 Å². The third-order valence-electron chi connectivity index (χ3n) is 0. The molecule has 0 amide bonds. The fourth-order valence-corrected chi connectivity index (χ4v) is 0. The van der Waals surface area contributed by atoms with Crippen molar-refractivity contribution in [2.45, 2.75) is 0 Å². The molecular weight excluding hydrogens is 125 g/mol. The molecule has 0 saturated carbocycles. The van der Waals surface area contributed by atoms with Gasteiger partial charge in [0.1, 0.15) is 0 Å². The molecule has 0 spiro atoms. The number of hydrogen-bond acceptors (Lipinski definition) is 1. The normalized spacial score (nSPS) is 8.71. The third-order valence-corrected chi connectivity index (χ3v) is 0. The summed E-state index contributed by atoms with van der Waals surface area (Å²) in [6.07, 6.45) is 8.00. The molecule has 7 heavy (non-hydrogen) atoms. The van der Waals surface area contributed by atoms with Crippen molar-refractivity contribution in [2.24, 2.45) is 0 Å². The van der Waals surface area contributed by atoms with Crippen molar-refractivity contribution in [3.05, 3.63) is 0 Å². The molecule has 0 aromatic rings. The van der Waals surface area contributed by atoms with Crippen LogP contribution in [0.15, 0.2) is 0 Å². The van der Waals surface area contributed by atoms with Gasteiger partial charge in [-0.1, -0.05) is 0 Å². The lowest BCUT2D eigenvalue weighted by Gasteiger charge is -1.73. The Balaban J connectivity index is 0. The van der Waals surface area contributed by atoms with Crippen LogP contribution in [0.3, 0.4) is 0 Å². The number of hydrogen-bond donors (Lipinski definition) is 1. The van der Waals surface area contributed by atoms with Gasteiger partial charge in [0.2, 0.25) is 0 Å². The first kappa shape index (κ1) is 9.79. The predicted octanol–water partition coefficient (Wildman–Crippen LogP) is 1.28. The van der Waals surface area contributed by atoms with Gasteiger partial charge in [-0.2, -0.15) is 0 Å². The molecule has 0 saturated heterocycles. The van der Waals surface area contributed by atoms with Gasteiger partial charge in [-0.05, 0) is 0 Å². The van der Waals surface area contributed by atoms with Crippen molar-refractivity contribution in [1.82, 2.24) is 0 Å². The molecule has 42 valence electrons. The highest BCUT2D eigenvalue weighted by Gasteiger charge is 2.09. The third kappa shape index (κ3) is 481. The van der Waals surface area contributed by atoms with E-state index in [1.807, 2.05) is 0 Å². The molecule has 0 unspecified atom stereocenters. The van der Waals surface area contributed by atoms with Crippen LogP contribution in [0, 0.1) is 12.8 Å². The lowest BCUT2D eigenvalue weighted by molar-refractivity contribution is 0.376. The minimum atomic E-state index is -5.64. The molecule has 0 aliphatic heterocycles. The average molecular weight is 128 g/mol. The summed E-state index contributed by atoms with van der Waals surface area (Å²) in [4.78, 5) is 6.74. The van der Waals surface area contributed by atoms with Crippen LogP contribution < -0.4 is 0 Å². The van der Waals surface area contributed by atoms with Crippen LogP contribution in [-0.2, 0) is 4.57 Å². The molecular formula is C2H3F2O2P. The van der Waals surface area contributed by atoms with E-state index in [4.69, 9.17) is 9.46 Å². The zero-order chi connectivity index (χ0) is 6.50. The Hall–Kier alpha value is -0.390. The maximum atomic E-state index is 10.1. The fourth-order valence-electron chi connectivity index (χ4n) is 0. The average Bonchev–Trinajstić information content (AvgIpc) is 1.36. The molecule has 0 rings (SSSR count). The van der Waals surface area contributed by atoms with Gasteiger partial charge < -0.3 is 0 Å². The molecule has 0 aliphatic rings. The molecule has 1 N–H and O–H groups in total. The van der Waals surface area contributed by atoms with E-state index in [2.05, 4.69) is 12.8 Å². The van der Waals surface area contributed by atoms with E-state index in [0.29, 0.717) is 0 Å². The van der Waals surface area contributed by atoms with Crippen LogP contribution in [0.2, 0.25) is 0 Å². The summed E-state index contributed by atoms with van der Waals surface area (Å²) in [6.45, 7) is 0. The van der Waals surface area contributed by atoms with Crippen molar-refractivity contribution in [2.75, 3.05) is 0 Å². The summed E-state index contributed by atoms with van der Waals surface area (Å²) >= 11 is 0. The summed E-state index contributed by atoms with van der Waals surface area (Å²) in [5.74, 6) is 0. The summed E-state index contributed by atoms with van der Waals surface area (Å²) in [6, 6.07) is 0. The van der Waals surface area contributed by atoms with Crippen molar-refractivity contribution < 1.29 is 17.9 Å². The second kappa shape index (κ2) is 3.79. The molecule has 0 atom stereocenters. The zero-order valence-corrected chi connectivity index (χ0v) is 4.11. The van der Waals surface area contributed by atoms with Crippen molar-refractivity contribution in [1.29, 1.82) is 0 Å². The quantitative estimate of drug-likeness (QED) is 0.394. The first-order valence-electron chi connectivity index (χ1n) is 1.05. The van der Waals surface area contributed by atoms with Gasteiger partial charge in [-0.3, -0.25) is 4.89 Å². The Bertz CT molecular complexity index is 84.8. The second-order valence-corrected chi connectivity index (χ2v) is 1.30. The standard InChI is InChI=1S/C2H2.F2HO2P/c1-2;1-5(2,3)4/h1-2H;(H,3,4). The van der Waals surface area contributed by atoms with Crippen molar-refractivity contribution >= 4 is 7.99 Å². The number of halogens is 2. The number of terminal acetylenes is 1. The van der Waals surface area contributed by atoms with Crippen molar-refractivity contribution in [3.63, 3.8) is 0 Å². The van der Waals surface area contributed by atoms with Gasteiger partial charge in [-0.15, -0.1) is 21.2 Å². The van der Waals surface area contributed by atoms with Crippen LogP contribution in [0.5, 0.6) is 0 Å². The van der Waals surface area contributed by atoms with Gasteiger partial charge in [0.25, 0.3) is 0 Å². The van der Waals surface area contributed by atoms with Gasteiger partial charge in [0.15, 0.2) is 0 Å². The van der Waals surface area contributed by atoms with E-state index < -0.39 is 7.99 Å². The van der Waals surface area contributed by atoms with Crippen LogP contribution in [-0.4, -0.2) is 4.89 Å². The molecule has 0 aromatic heterocycles. The van der Waals surface area contributed by atoms with Gasteiger partial charge in [0.05, 0.1) is 0 Å². The molecule has 0 aliphatic carbocycles. The maximum Gasteiger partial charge on any atom is 0.549 e. The van der Waals surface area contributed by atoms with Crippen LogP contribution >= 0.6 is 7.99 Å². The molecule has 0 fully saturated rings. The van der Waals surface area contributed by atoms with E-state index in [9.17, 15) is 8.39 Å². The fraction of sp³-hybridized carbons (Fsp3) is 0. The minimum absolute atomic E-state index is 4.00. The highest BCUT2D eigenvalue weighted by atomic mass is 31.2. The van der Waals surface area contributed by atoms with Gasteiger partial charge >= 0.3 is 7.99 Å². The highest BCUT2D eigenvalue weighted by molar-refractivity contribution is 7.46. The summed E-state index contributed by atoms with van der Waals surface area (Å²) in [5.41, 5.74) is 0. The summed E-state index contributed by atoms with van der Waals surface area (Å²) < 4.78 is 28.7. The first-order chi connectivity index (χ1) is 3.00. The summed E-state index contributed by atoms with van der Waals surface area (Å²) in [7, 11) is -5.64. The smallest absolute Gasteiger partial charge is 0.296 e. The van der Waals surface area contributed by atoms with Crippen LogP contribution in [0.1, 0.15) is 0 Å². The molecule has 5 heteroatoms. The number of rotatable bonds is 0. The van der Waals surface area contributed by atoms with Crippen LogP contribution in [0.25, 0.3) is 0 Å². The first-order valence-corrected chi connectivity index (χ1v) is 2.50. The molecule has 0 heterocycles. The van der Waals surface area contributed by atoms with Crippen LogP contribution in [0.4, 0.5) is 8.39 Å². The van der Waals surface area contributed by atoms with E-state index in [1.54, 1.807) is 0 Å². The predicted molar refractivity (Wildman–Crippen MR) is 21.9 cm³/mol. The Kier molecular flexibility index (Phi) is 5.30. The van der Waals surface area contributed by atoms with E-state index in [1.165, 1.54) is 0 Å². The molecule has 0 radical (unpaired) electrons. The second-order valence-electron chi connectivity index (χ2n) is 0.435. The SMILES string of the molecule is C#C.O=P(O)(F)F. The van der Waals surface area contributed by atoms with Gasteiger partial charge in [-0.25, -0.2) is 4.57 Å².